The molecule has 3 rings (SSSR count). The van der Waals surface area contributed by atoms with Crippen molar-refractivity contribution < 1.29 is 9.47 Å². The largest absolute Gasteiger partial charge is 0.497 e. The molecule has 1 saturated carbocycles. The van der Waals surface area contributed by atoms with Crippen molar-refractivity contribution in [2.24, 2.45) is 0 Å². The molecule has 2 nitrogen and oxygen atoms in total. The number of rotatable bonds is 4. The minimum Gasteiger partial charge on any atom is -0.497 e. The lowest BCUT2D eigenvalue weighted by Crippen LogP contribution is -2.35. The van der Waals surface area contributed by atoms with Crippen LogP contribution in [0.2, 0.25) is 0 Å². The molecule has 0 aliphatic heterocycles. The van der Waals surface area contributed by atoms with Crippen molar-refractivity contribution >= 4 is 0 Å². The van der Waals surface area contributed by atoms with Crippen LogP contribution < -0.4 is 9.47 Å². The van der Waals surface area contributed by atoms with Crippen LogP contribution in [0.15, 0.2) is 48.5 Å². The van der Waals surface area contributed by atoms with Gasteiger partial charge in [-0.1, -0.05) is 36.8 Å². The van der Waals surface area contributed by atoms with Gasteiger partial charge in [0.25, 0.3) is 0 Å². The lowest BCUT2D eigenvalue weighted by Gasteiger charge is -2.43. The topological polar surface area (TPSA) is 18.5 Å². The van der Waals surface area contributed by atoms with Gasteiger partial charge < -0.3 is 9.47 Å². The maximum absolute atomic E-state index is 5.59. The summed E-state index contributed by atoms with van der Waals surface area (Å²) in [6.45, 7) is 0. The summed E-state index contributed by atoms with van der Waals surface area (Å²) < 4.78 is 11.0. The second kappa shape index (κ2) is 5.20. The number of benzene rings is 2. The van der Waals surface area contributed by atoms with Crippen LogP contribution in [0.3, 0.4) is 0 Å². The van der Waals surface area contributed by atoms with E-state index in [1.165, 1.54) is 30.4 Å². The molecule has 104 valence electrons. The Kier molecular flexibility index (Phi) is 3.39. The smallest absolute Gasteiger partial charge is 0.123 e. The van der Waals surface area contributed by atoms with Gasteiger partial charge in [0.05, 0.1) is 14.2 Å². The van der Waals surface area contributed by atoms with Gasteiger partial charge >= 0.3 is 0 Å². The fourth-order valence-corrected chi connectivity index (χ4v) is 3.19. The molecule has 2 heteroatoms. The second-order valence-corrected chi connectivity index (χ2v) is 5.37. The fourth-order valence-electron chi connectivity index (χ4n) is 3.19. The minimum atomic E-state index is 0.0845. The maximum atomic E-state index is 5.59. The highest BCUT2D eigenvalue weighted by atomic mass is 16.5. The summed E-state index contributed by atoms with van der Waals surface area (Å²) in [6, 6.07) is 16.8. The van der Waals surface area contributed by atoms with Crippen molar-refractivity contribution in [3.63, 3.8) is 0 Å². The second-order valence-electron chi connectivity index (χ2n) is 5.37. The molecule has 0 bridgehead atoms. The first-order valence-corrected chi connectivity index (χ1v) is 7.08. The Labute approximate surface area is 120 Å². The van der Waals surface area contributed by atoms with Gasteiger partial charge in [-0.25, -0.2) is 0 Å². The van der Waals surface area contributed by atoms with Crippen molar-refractivity contribution in [1.29, 1.82) is 0 Å². The Bertz CT molecular complexity index is 586. The monoisotopic (exact) mass is 268 g/mol. The van der Waals surface area contributed by atoms with Gasteiger partial charge in [0.2, 0.25) is 0 Å². The molecule has 0 unspecified atom stereocenters. The summed E-state index contributed by atoms with van der Waals surface area (Å²) in [7, 11) is 3.45. The third-order valence-corrected chi connectivity index (χ3v) is 4.46. The average molecular weight is 268 g/mol. The van der Waals surface area contributed by atoms with Crippen molar-refractivity contribution in [3.8, 4) is 11.5 Å². The van der Waals surface area contributed by atoms with Crippen molar-refractivity contribution in [1.82, 2.24) is 0 Å². The summed E-state index contributed by atoms with van der Waals surface area (Å²) in [5.74, 6) is 1.84. The lowest BCUT2D eigenvalue weighted by atomic mass is 9.60. The maximum Gasteiger partial charge on any atom is 0.123 e. The van der Waals surface area contributed by atoms with Gasteiger partial charge in [-0.3, -0.25) is 0 Å². The number of hydrogen-bond donors (Lipinski definition) is 0. The number of methoxy groups -OCH3 is 2. The van der Waals surface area contributed by atoms with E-state index in [-0.39, 0.29) is 5.41 Å². The van der Waals surface area contributed by atoms with E-state index in [0.717, 1.165) is 11.5 Å². The van der Waals surface area contributed by atoms with Crippen LogP contribution in [0.25, 0.3) is 0 Å². The van der Waals surface area contributed by atoms with Crippen LogP contribution in [0.5, 0.6) is 11.5 Å². The lowest BCUT2D eigenvalue weighted by molar-refractivity contribution is 0.285. The molecule has 2 aromatic carbocycles. The van der Waals surface area contributed by atoms with Crippen LogP contribution in [0.4, 0.5) is 0 Å². The van der Waals surface area contributed by atoms with E-state index in [9.17, 15) is 0 Å². The Morgan fingerprint density at radius 2 is 1.65 bits per heavy atom. The van der Waals surface area contributed by atoms with Crippen molar-refractivity contribution in [2.45, 2.75) is 24.7 Å². The van der Waals surface area contributed by atoms with Gasteiger partial charge in [-0.2, -0.15) is 0 Å². The highest BCUT2D eigenvalue weighted by Gasteiger charge is 2.42. The van der Waals surface area contributed by atoms with Crippen LogP contribution in [0.1, 0.15) is 30.4 Å². The molecule has 0 aromatic heterocycles. The Balaban J connectivity index is 2.14. The molecular formula is C18H20O2. The third kappa shape index (κ3) is 1.96. The Morgan fingerprint density at radius 1 is 0.900 bits per heavy atom. The first kappa shape index (κ1) is 13.0. The zero-order valence-corrected chi connectivity index (χ0v) is 12.1. The highest BCUT2D eigenvalue weighted by Crippen LogP contribution is 2.52. The molecule has 1 aliphatic carbocycles. The van der Waals surface area contributed by atoms with Crippen molar-refractivity contribution in [3.05, 3.63) is 59.7 Å². The molecule has 1 fully saturated rings. The van der Waals surface area contributed by atoms with E-state index in [1.54, 1.807) is 14.2 Å². The Morgan fingerprint density at radius 3 is 2.20 bits per heavy atom. The van der Waals surface area contributed by atoms with Crippen LogP contribution >= 0.6 is 0 Å². The Hall–Kier alpha value is -1.96. The van der Waals surface area contributed by atoms with Crippen LogP contribution in [-0.4, -0.2) is 14.2 Å². The SMILES string of the molecule is COc1ccc(OC)c(C2(c3ccccc3)CCC2)c1. The molecule has 0 amide bonds. The molecule has 0 saturated heterocycles. The highest BCUT2D eigenvalue weighted by molar-refractivity contribution is 5.51. The predicted molar refractivity (Wildman–Crippen MR) is 80.6 cm³/mol. The standard InChI is InChI=1S/C18H20O2/c1-19-15-9-10-17(20-2)16(13-15)18(11-6-12-18)14-7-4-3-5-8-14/h3-5,7-10,13H,6,11-12H2,1-2H3. The average Bonchev–Trinajstić information content (AvgIpc) is 2.47. The summed E-state index contributed by atoms with van der Waals surface area (Å²) in [5.41, 5.74) is 2.70. The summed E-state index contributed by atoms with van der Waals surface area (Å²) in [5, 5.41) is 0. The van der Waals surface area contributed by atoms with Crippen LogP contribution in [0, 0.1) is 0 Å². The molecule has 0 atom stereocenters. The van der Waals surface area contributed by atoms with Gasteiger partial charge in [0.1, 0.15) is 11.5 Å². The predicted octanol–water partition coefficient (Wildman–Crippen LogP) is 4.17. The molecule has 1 aliphatic rings. The number of hydrogen-bond acceptors (Lipinski definition) is 2. The van der Waals surface area contributed by atoms with Gasteiger partial charge in [-0.15, -0.1) is 0 Å². The summed E-state index contributed by atoms with van der Waals surface area (Å²) in [6.07, 6.45) is 3.59. The molecule has 20 heavy (non-hydrogen) atoms. The summed E-state index contributed by atoms with van der Waals surface area (Å²) >= 11 is 0. The number of ether oxygens (including phenoxy) is 2. The van der Waals surface area contributed by atoms with E-state index in [0.29, 0.717) is 0 Å². The molecule has 0 radical (unpaired) electrons. The van der Waals surface area contributed by atoms with Gasteiger partial charge in [0.15, 0.2) is 0 Å². The molecule has 2 aromatic rings. The molecule has 0 N–H and O–H groups in total. The van der Waals surface area contributed by atoms with Gasteiger partial charge in [0, 0.05) is 11.0 Å². The normalized spacial score (nSPS) is 16.3. The van der Waals surface area contributed by atoms with Gasteiger partial charge in [-0.05, 0) is 36.6 Å². The van der Waals surface area contributed by atoms with E-state index in [1.807, 2.05) is 12.1 Å². The molecule has 0 spiro atoms. The summed E-state index contributed by atoms with van der Waals surface area (Å²) in [4.78, 5) is 0. The van der Waals surface area contributed by atoms with E-state index in [4.69, 9.17) is 9.47 Å². The van der Waals surface area contributed by atoms with E-state index >= 15 is 0 Å². The zero-order valence-electron chi connectivity index (χ0n) is 12.1. The van der Waals surface area contributed by atoms with Crippen molar-refractivity contribution in [2.75, 3.05) is 14.2 Å². The third-order valence-electron chi connectivity index (χ3n) is 4.46. The zero-order chi connectivity index (χ0) is 14.0. The first-order valence-electron chi connectivity index (χ1n) is 7.08. The first-order chi connectivity index (χ1) is 9.80. The van der Waals surface area contributed by atoms with E-state index < -0.39 is 0 Å². The van der Waals surface area contributed by atoms with E-state index in [2.05, 4.69) is 36.4 Å². The van der Waals surface area contributed by atoms with Crippen LogP contribution in [-0.2, 0) is 5.41 Å². The molecular weight excluding hydrogens is 248 g/mol. The molecule has 0 heterocycles. The fraction of sp³-hybridized carbons (Fsp3) is 0.333. The minimum absolute atomic E-state index is 0.0845. The quantitative estimate of drug-likeness (QED) is 0.828.